The minimum Gasteiger partial charge on any atom is -0.378 e. The van der Waals surface area contributed by atoms with Crippen molar-refractivity contribution in [1.82, 2.24) is 24.8 Å². The van der Waals surface area contributed by atoms with Crippen LogP contribution >= 0.6 is 0 Å². The number of anilines is 2. The van der Waals surface area contributed by atoms with Gasteiger partial charge in [-0.05, 0) is 49.8 Å². The number of benzene rings is 1. The average molecular weight is 530 g/mol. The van der Waals surface area contributed by atoms with E-state index in [2.05, 4.69) is 27.0 Å². The standard InChI is InChI=1S/C29H35N7O3/c30-28-31-18-23(19-32-28)26-24-6-2-4-21(25(24)33-29(34-26)36-11-15-39-16-12-36)8-7-20-3-1-5-22(17-20)27(37)35-9-13-38-14-10-35/h1,3,5,17-19,21H,2,4,6-16H2,(H2,30,31,32). The van der Waals surface area contributed by atoms with Gasteiger partial charge in [0.25, 0.3) is 5.91 Å². The lowest BCUT2D eigenvalue weighted by molar-refractivity contribution is 0.0303. The first-order chi connectivity index (χ1) is 19.2. The largest absolute Gasteiger partial charge is 0.378 e. The lowest BCUT2D eigenvalue weighted by Crippen LogP contribution is -2.40. The summed E-state index contributed by atoms with van der Waals surface area (Å²) in [4.78, 5) is 35.8. The van der Waals surface area contributed by atoms with Gasteiger partial charge < -0.3 is 25.0 Å². The van der Waals surface area contributed by atoms with Crippen LogP contribution in [0.4, 0.5) is 11.9 Å². The van der Waals surface area contributed by atoms with Crippen LogP contribution in [0.3, 0.4) is 0 Å². The predicted octanol–water partition coefficient (Wildman–Crippen LogP) is 2.88. The van der Waals surface area contributed by atoms with Crippen LogP contribution in [0, 0.1) is 0 Å². The molecular weight excluding hydrogens is 494 g/mol. The summed E-state index contributed by atoms with van der Waals surface area (Å²) in [5, 5.41) is 0. The van der Waals surface area contributed by atoms with Crippen LogP contribution in [-0.4, -0.2) is 83.3 Å². The molecule has 2 fully saturated rings. The van der Waals surface area contributed by atoms with Crippen LogP contribution in [0.5, 0.6) is 0 Å². The van der Waals surface area contributed by atoms with Crippen molar-refractivity contribution in [3.63, 3.8) is 0 Å². The fraction of sp³-hybridized carbons (Fsp3) is 0.483. The third-order valence-corrected chi connectivity index (χ3v) is 7.89. The van der Waals surface area contributed by atoms with E-state index >= 15 is 0 Å². The number of hydrogen-bond acceptors (Lipinski definition) is 9. The first kappa shape index (κ1) is 25.6. The van der Waals surface area contributed by atoms with Gasteiger partial charge in [-0.15, -0.1) is 0 Å². The minimum atomic E-state index is 0.0846. The zero-order valence-corrected chi connectivity index (χ0v) is 22.2. The molecule has 2 aliphatic heterocycles. The Morgan fingerprint density at radius 3 is 2.51 bits per heavy atom. The summed E-state index contributed by atoms with van der Waals surface area (Å²) >= 11 is 0. The number of aromatic nitrogens is 4. The van der Waals surface area contributed by atoms with Gasteiger partial charge in [0.15, 0.2) is 0 Å². The highest BCUT2D eigenvalue weighted by Crippen LogP contribution is 2.39. The number of nitrogen functional groups attached to an aromatic ring is 1. The summed E-state index contributed by atoms with van der Waals surface area (Å²) < 4.78 is 11.0. The van der Waals surface area contributed by atoms with Crippen molar-refractivity contribution in [1.29, 1.82) is 0 Å². The third-order valence-electron chi connectivity index (χ3n) is 7.89. The summed E-state index contributed by atoms with van der Waals surface area (Å²) in [5.41, 5.74) is 11.8. The molecule has 4 heterocycles. The number of ether oxygens (including phenoxy) is 2. The van der Waals surface area contributed by atoms with E-state index in [9.17, 15) is 4.79 Å². The summed E-state index contributed by atoms with van der Waals surface area (Å²) in [7, 11) is 0. The Morgan fingerprint density at radius 2 is 1.74 bits per heavy atom. The van der Waals surface area contributed by atoms with Gasteiger partial charge in [0.1, 0.15) is 0 Å². The molecule has 10 heteroatoms. The SMILES string of the molecule is Nc1ncc(-c2nc(N3CCOCC3)nc3c2CCCC3CCc2cccc(C(=O)N3CCOCC3)c2)cn1. The van der Waals surface area contributed by atoms with E-state index in [4.69, 9.17) is 25.2 Å². The summed E-state index contributed by atoms with van der Waals surface area (Å²) in [5.74, 6) is 1.39. The van der Waals surface area contributed by atoms with Crippen LogP contribution in [0.1, 0.15) is 52.4 Å². The molecule has 0 saturated carbocycles. The van der Waals surface area contributed by atoms with E-state index in [1.165, 1.54) is 11.1 Å². The maximum absolute atomic E-state index is 13.0. The molecule has 2 aromatic heterocycles. The monoisotopic (exact) mass is 529 g/mol. The van der Waals surface area contributed by atoms with Crippen molar-refractivity contribution < 1.29 is 14.3 Å². The Balaban J connectivity index is 1.26. The molecule has 0 radical (unpaired) electrons. The second-order valence-electron chi connectivity index (χ2n) is 10.4. The van der Waals surface area contributed by atoms with Crippen LogP contribution in [0.15, 0.2) is 36.7 Å². The van der Waals surface area contributed by atoms with Crippen LogP contribution in [0.2, 0.25) is 0 Å². The maximum Gasteiger partial charge on any atom is 0.254 e. The molecule has 1 amide bonds. The highest BCUT2D eigenvalue weighted by Gasteiger charge is 2.28. The van der Waals surface area contributed by atoms with Crippen molar-refractivity contribution in [2.45, 2.75) is 38.0 Å². The van der Waals surface area contributed by atoms with Crippen LogP contribution < -0.4 is 10.6 Å². The Kier molecular flexibility index (Phi) is 7.64. The van der Waals surface area contributed by atoms with Crippen molar-refractivity contribution >= 4 is 17.8 Å². The average Bonchev–Trinajstić information content (AvgIpc) is 3.00. The molecule has 1 atom stereocenters. The van der Waals surface area contributed by atoms with Crippen molar-refractivity contribution in [3.05, 3.63) is 59.0 Å². The Bertz CT molecular complexity index is 1300. The van der Waals surface area contributed by atoms with Gasteiger partial charge >= 0.3 is 0 Å². The summed E-state index contributed by atoms with van der Waals surface area (Å²) in [6.07, 6.45) is 8.44. The van der Waals surface area contributed by atoms with Crippen molar-refractivity contribution in [2.24, 2.45) is 0 Å². The molecule has 39 heavy (non-hydrogen) atoms. The molecule has 2 saturated heterocycles. The molecule has 2 N–H and O–H groups in total. The Labute approximate surface area is 228 Å². The Hall–Kier alpha value is -3.63. The number of fused-ring (bicyclic) bond motifs is 1. The highest BCUT2D eigenvalue weighted by atomic mass is 16.5. The van der Waals surface area contributed by atoms with E-state index in [0.717, 1.165) is 73.7 Å². The van der Waals surface area contributed by atoms with Crippen LogP contribution in [-0.2, 0) is 22.3 Å². The molecule has 0 bridgehead atoms. The number of hydrogen-bond donors (Lipinski definition) is 1. The number of amides is 1. The van der Waals surface area contributed by atoms with Crippen molar-refractivity contribution in [3.8, 4) is 11.3 Å². The lowest BCUT2D eigenvalue weighted by atomic mass is 9.82. The summed E-state index contributed by atoms with van der Waals surface area (Å²) in [6, 6.07) is 8.09. The van der Waals surface area contributed by atoms with E-state index in [1.807, 2.05) is 17.0 Å². The van der Waals surface area contributed by atoms with Gasteiger partial charge in [-0.3, -0.25) is 4.79 Å². The van der Waals surface area contributed by atoms with Crippen molar-refractivity contribution in [2.75, 3.05) is 63.2 Å². The van der Waals surface area contributed by atoms with E-state index in [1.54, 1.807) is 12.4 Å². The Morgan fingerprint density at radius 1 is 1.00 bits per heavy atom. The van der Waals surface area contributed by atoms with Gasteiger partial charge in [0, 0.05) is 61.2 Å². The molecule has 1 aliphatic carbocycles. The number of nitrogens with zero attached hydrogens (tertiary/aromatic N) is 6. The zero-order chi connectivity index (χ0) is 26.6. The number of rotatable bonds is 6. The predicted molar refractivity (Wildman–Crippen MR) is 148 cm³/mol. The smallest absolute Gasteiger partial charge is 0.254 e. The quantitative estimate of drug-likeness (QED) is 0.514. The van der Waals surface area contributed by atoms with Gasteiger partial charge in [-0.25, -0.2) is 19.9 Å². The zero-order valence-electron chi connectivity index (χ0n) is 22.2. The molecule has 1 unspecified atom stereocenters. The molecule has 3 aromatic rings. The molecule has 0 spiro atoms. The number of aryl methyl sites for hydroxylation is 1. The molecule has 1 aromatic carbocycles. The highest BCUT2D eigenvalue weighted by molar-refractivity contribution is 5.94. The molecule has 3 aliphatic rings. The molecular formula is C29H35N7O3. The van der Waals surface area contributed by atoms with Crippen LogP contribution in [0.25, 0.3) is 11.3 Å². The third kappa shape index (κ3) is 5.72. The maximum atomic E-state index is 13.0. The molecule has 6 rings (SSSR count). The van der Waals surface area contributed by atoms with Gasteiger partial charge in [-0.2, -0.15) is 0 Å². The second kappa shape index (κ2) is 11.6. The summed E-state index contributed by atoms with van der Waals surface area (Å²) in [6.45, 7) is 5.38. The fourth-order valence-corrected chi connectivity index (χ4v) is 5.77. The number of nitrogens with two attached hydrogens (primary N) is 1. The van der Waals surface area contributed by atoms with E-state index < -0.39 is 0 Å². The molecule has 204 valence electrons. The first-order valence-corrected chi connectivity index (χ1v) is 13.9. The fourth-order valence-electron chi connectivity index (χ4n) is 5.77. The van der Waals surface area contributed by atoms with Gasteiger partial charge in [0.05, 0.1) is 37.8 Å². The number of carbonyl (C=O) groups is 1. The van der Waals surface area contributed by atoms with E-state index in [-0.39, 0.29) is 11.9 Å². The first-order valence-electron chi connectivity index (χ1n) is 13.9. The van der Waals surface area contributed by atoms with Gasteiger partial charge in [0.2, 0.25) is 11.9 Å². The number of carbonyl (C=O) groups excluding carboxylic acids is 1. The lowest BCUT2D eigenvalue weighted by Gasteiger charge is -2.31. The number of morpholine rings is 2. The van der Waals surface area contributed by atoms with E-state index in [0.29, 0.717) is 45.4 Å². The minimum absolute atomic E-state index is 0.0846. The second-order valence-corrected chi connectivity index (χ2v) is 10.4. The van der Waals surface area contributed by atoms with Gasteiger partial charge in [-0.1, -0.05) is 12.1 Å². The topological polar surface area (TPSA) is 120 Å². The normalized spacial score (nSPS) is 19.5. The molecule has 10 nitrogen and oxygen atoms in total.